The molecule has 0 amide bonds. The SMILES string of the molecule is OCCNc1cnc(F)cc1I. The van der Waals surface area contributed by atoms with E-state index in [0.29, 0.717) is 6.54 Å². The number of hydrogen-bond acceptors (Lipinski definition) is 3. The molecule has 0 spiro atoms. The Morgan fingerprint density at radius 2 is 2.42 bits per heavy atom. The van der Waals surface area contributed by atoms with Crippen LogP contribution in [0.4, 0.5) is 10.1 Å². The van der Waals surface area contributed by atoms with E-state index in [1.165, 1.54) is 12.3 Å². The van der Waals surface area contributed by atoms with Gasteiger partial charge in [-0.15, -0.1) is 0 Å². The van der Waals surface area contributed by atoms with Crippen molar-refractivity contribution in [3.05, 3.63) is 21.8 Å². The van der Waals surface area contributed by atoms with E-state index in [1.807, 2.05) is 22.6 Å². The van der Waals surface area contributed by atoms with Crippen molar-refractivity contribution in [2.45, 2.75) is 0 Å². The lowest BCUT2D eigenvalue weighted by molar-refractivity contribution is 0.311. The molecule has 3 nitrogen and oxygen atoms in total. The number of nitrogens with zero attached hydrogens (tertiary/aromatic N) is 1. The maximum atomic E-state index is 12.5. The highest BCUT2D eigenvalue weighted by Gasteiger charge is 2.00. The molecule has 1 heterocycles. The maximum Gasteiger partial charge on any atom is 0.214 e. The van der Waals surface area contributed by atoms with Crippen LogP contribution in [-0.4, -0.2) is 23.2 Å². The fourth-order valence-electron chi connectivity index (χ4n) is 0.728. The molecule has 0 radical (unpaired) electrons. The number of anilines is 1. The van der Waals surface area contributed by atoms with E-state index in [9.17, 15) is 4.39 Å². The molecule has 2 N–H and O–H groups in total. The summed E-state index contributed by atoms with van der Waals surface area (Å²) < 4.78 is 13.2. The standard InChI is InChI=1S/C7H8FIN2O/c8-7-3-5(9)6(4-11-7)10-1-2-12/h3-4,10,12H,1-2H2. The molecule has 0 aliphatic heterocycles. The summed E-state index contributed by atoms with van der Waals surface area (Å²) >= 11 is 2.00. The molecule has 0 aliphatic carbocycles. The van der Waals surface area contributed by atoms with Crippen molar-refractivity contribution < 1.29 is 9.50 Å². The minimum absolute atomic E-state index is 0.0491. The summed E-state index contributed by atoms with van der Waals surface area (Å²) in [6, 6.07) is 1.33. The molecular formula is C7H8FIN2O. The largest absolute Gasteiger partial charge is 0.395 e. The Labute approximate surface area is 83.2 Å². The van der Waals surface area contributed by atoms with E-state index in [0.717, 1.165) is 9.26 Å². The Kier molecular flexibility index (Phi) is 3.67. The predicted octanol–water partition coefficient (Wildman–Crippen LogP) is 1.23. The van der Waals surface area contributed by atoms with Gasteiger partial charge in [-0.2, -0.15) is 4.39 Å². The maximum absolute atomic E-state index is 12.5. The first-order chi connectivity index (χ1) is 5.74. The van der Waals surface area contributed by atoms with E-state index >= 15 is 0 Å². The molecule has 0 aliphatic rings. The molecule has 1 aromatic heterocycles. The quantitative estimate of drug-likeness (QED) is 0.647. The van der Waals surface area contributed by atoms with Crippen LogP contribution in [0.3, 0.4) is 0 Å². The molecule has 0 fully saturated rings. The first-order valence-corrected chi connectivity index (χ1v) is 4.47. The van der Waals surface area contributed by atoms with E-state index in [-0.39, 0.29) is 6.61 Å². The number of hydrogen-bond donors (Lipinski definition) is 2. The van der Waals surface area contributed by atoms with E-state index in [1.54, 1.807) is 0 Å². The van der Waals surface area contributed by atoms with Gasteiger partial charge in [0.1, 0.15) is 0 Å². The Morgan fingerprint density at radius 1 is 1.67 bits per heavy atom. The molecule has 0 bridgehead atoms. The highest BCUT2D eigenvalue weighted by molar-refractivity contribution is 14.1. The highest BCUT2D eigenvalue weighted by atomic mass is 127. The topological polar surface area (TPSA) is 45.1 Å². The first-order valence-electron chi connectivity index (χ1n) is 3.40. The van der Waals surface area contributed by atoms with E-state index < -0.39 is 5.95 Å². The van der Waals surface area contributed by atoms with Crippen molar-refractivity contribution in [3.8, 4) is 0 Å². The Morgan fingerprint density at radius 3 is 3.00 bits per heavy atom. The molecule has 0 aromatic carbocycles. The normalized spacial score (nSPS) is 9.92. The monoisotopic (exact) mass is 282 g/mol. The zero-order chi connectivity index (χ0) is 8.97. The lowest BCUT2D eigenvalue weighted by atomic mass is 10.4. The number of nitrogens with one attached hydrogen (secondary N) is 1. The van der Waals surface area contributed by atoms with E-state index in [4.69, 9.17) is 5.11 Å². The molecule has 12 heavy (non-hydrogen) atoms. The molecule has 5 heteroatoms. The summed E-state index contributed by atoms with van der Waals surface area (Å²) in [6.07, 6.45) is 1.41. The summed E-state index contributed by atoms with van der Waals surface area (Å²) in [5.74, 6) is -0.492. The fraction of sp³-hybridized carbons (Fsp3) is 0.286. The Bertz CT molecular complexity index is 270. The van der Waals surface area contributed by atoms with Crippen LogP contribution in [-0.2, 0) is 0 Å². The third-order valence-electron chi connectivity index (χ3n) is 1.25. The molecule has 66 valence electrons. The molecule has 0 saturated carbocycles. The lowest BCUT2D eigenvalue weighted by Gasteiger charge is -2.05. The minimum Gasteiger partial charge on any atom is -0.395 e. The fourth-order valence-corrected chi connectivity index (χ4v) is 1.32. The van der Waals surface area contributed by atoms with Gasteiger partial charge >= 0.3 is 0 Å². The van der Waals surface area contributed by atoms with Crippen molar-refractivity contribution in [1.82, 2.24) is 4.98 Å². The van der Waals surface area contributed by atoms with Crippen molar-refractivity contribution in [1.29, 1.82) is 0 Å². The molecule has 1 rings (SSSR count). The molecular weight excluding hydrogens is 274 g/mol. The first kappa shape index (κ1) is 9.66. The van der Waals surface area contributed by atoms with Crippen LogP contribution < -0.4 is 5.32 Å². The van der Waals surface area contributed by atoms with Crippen LogP contribution in [0, 0.1) is 9.52 Å². The highest BCUT2D eigenvalue weighted by Crippen LogP contribution is 2.16. The molecule has 0 saturated heterocycles. The Balaban J connectivity index is 2.72. The van der Waals surface area contributed by atoms with Gasteiger partial charge in [-0.05, 0) is 22.6 Å². The number of rotatable bonds is 3. The van der Waals surface area contributed by atoms with Crippen molar-refractivity contribution in [2.24, 2.45) is 0 Å². The van der Waals surface area contributed by atoms with Crippen molar-refractivity contribution in [2.75, 3.05) is 18.5 Å². The van der Waals surface area contributed by atoms with Gasteiger partial charge in [-0.3, -0.25) is 0 Å². The molecule has 0 atom stereocenters. The number of pyridine rings is 1. The van der Waals surface area contributed by atoms with Gasteiger partial charge in [0, 0.05) is 16.2 Å². The van der Waals surface area contributed by atoms with Crippen LogP contribution in [0.2, 0.25) is 0 Å². The number of aromatic nitrogens is 1. The van der Waals surface area contributed by atoms with Gasteiger partial charge in [0.05, 0.1) is 18.5 Å². The van der Waals surface area contributed by atoms with Crippen LogP contribution in [0.5, 0.6) is 0 Å². The van der Waals surface area contributed by atoms with Gasteiger partial charge in [0.2, 0.25) is 5.95 Å². The zero-order valence-corrected chi connectivity index (χ0v) is 8.38. The lowest BCUT2D eigenvalue weighted by Crippen LogP contribution is -2.07. The predicted molar refractivity (Wildman–Crippen MR) is 52.5 cm³/mol. The summed E-state index contributed by atoms with van der Waals surface area (Å²) in [5.41, 5.74) is 0.742. The second kappa shape index (κ2) is 4.56. The summed E-state index contributed by atoms with van der Waals surface area (Å²) in [5, 5.41) is 11.4. The van der Waals surface area contributed by atoms with Gasteiger partial charge in [-0.1, -0.05) is 0 Å². The van der Waals surface area contributed by atoms with Gasteiger partial charge in [-0.25, -0.2) is 4.98 Å². The summed E-state index contributed by atoms with van der Waals surface area (Å²) in [4.78, 5) is 3.48. The number of aliphatic hydroxyl groups is 1. The van der Waals surface area contributed by atoms with Crippen molar-refractivity contribution in [3.63, 3.8) is 0 Å². The second-order valence-corrected chi connectivity index (χ2v) is 3.30. The number of halogens is 2. The van der Waals surface area contributed by atoms with Crippen molar-refractivity contribution >= 4 is 28.3 Å². The summed E-state index contributed by atoms with van der Waals surface area (Å²) in [7, 11) is 0. The Hall–Kier alpha value is -0.430. The van der Waals surface area contributed by atoms with Crippen LogP contribution in [0.15, 0.2) is 12.3 Å². The average molecular weight is 282 g/mol. The molecule has 0 unspecified atom stereocenters. The van der Waals surface area contributed by atoms with Gasteiger partial charge < -0.3 is 10.4 Å². The third kappa shape index (κ3) is 2.56. The minimum atomic E-state index is -0.492. The average Bonchev–Trinajstić information content (AvgIpc) is 2.03. The zero-order valence-electron chi connectivity index (χ0n) is 6.22. The van der Waals surface area contributed by atoms with Crippen LogP contribution in [0.25, 0.3) is 0 Å². The van der Waals surface area contributed by atoms with Gasteiger partial charge in [0.15, 0.2) is 0 Å². The molecule has 1 aromatic rings. The smallest absolute Gasteiger partial charge is 0.214 e. The number of aliphatic hydroxyl groups excluding tert-OH is 1. The van der Waals surface area contributed by atoms with Crippen LogP contribution >= 0.6 is 22.6 Å². The van der Waals surface area contributed by atoms with Crippen LogP contribution in [0.1, 0.15) is 0 Å². The summed E-state index contributed by atoms with van der Waals surface area (Å²) in [6.45, 7) is 0.497. The second-order valence-electron chi connectivity index (χ2n) is 2.14. The van der Waals surface area contributed by atoms with Gasteiger partial charge in [0.25, 0.3) is 0 Å². The third-order valence-corrected chi connectivity index (χ3v) is 2.14. The van der Waals surface area contributed by atoms with E-state index in [2.05, 4.69) is 10.3 Å².